The Balaban J connectivity index is 1.58. The molecule has 0 radical (unpaired) electrons. The zero-order chi connectivity index (χ0) is 20.6. The number of hydrogen-bond acceptors (Lipinski definition) is 4. The molecule has 0 saturated carbocycles. The lowest BCUT2D eigenvalue weighted by molar-refractivity contribution is -0.121. The van der Waals surface area contributed by atoms with Crippen molar-refractivity contribution in [1.29, 1.82) is 0 Å². The fourth-order valence-electron chi connectivity index (χ4n) is 3.37. The quantitative estimate of drug-likeness (QED) is 0.471. The summed E-state index contributed by atoms with van der Waals surface area (Å²) in [6, 6.07) is 9.90. The number of aliphatic hydroxyl groups is 1. The predicted molar refractivity (Wildman–Crippen MR) is 113 cm³/mol. The van der Waals surface area contributed by atoms with Crippen LogP contribution in [0.15, 0.2) is 42.7 Å². The van der Waals surface area contributed by atoms with Gasteiger partial charge >= 0.3 is 0 Å². The van der Waals surface area contributed by atoms with Gasteiger partial charge in [0.05, 0.1) is 17.6 Å². The summed E-state index contributed by atoms with van der Waals surface area (Å²) < 4.78 is 1.96. The lowest BCUT2D eigenvalue weighted by Crippen LogP contribution is -2.36. The Labute approximate surface area is 168 Å². The van der Waals surface area contributed by atoms with E-state index in [1.807, 2.05) is 68.3 Å². The minimum atomic E-state index is -0.330. The van der Waals surface area contributed by atoms with E-state index in [9.17, 15) is 9.90 Å². The predicted octanol–water partition coefficient (Wildman–Crippen LogP) is 2.79. The third-order valence-corrected chi connectivity index (χ3v) is 5.13. The van der Waals surface area contributed by atoms with Gasteiger partial charge in [0.25, 0.3) is 0 Å². The molecule has 4 aromatic rings. The average molecular weight is 391 g/mol. The van der Waals surface area contributed by atoms with E-state index >= 15 is 0 Å². The molecular weight excluding hydrogens is 366 g/mol. The van der Waals surface area contributed by atoms with Crippen LogP contribution < -0.4 is 5.32 Å². The third kappa shape index (κ3) is 3.86. The minimum absolute atomic E-state index is 0.0270. The van der Waals surface area contributed by atoms with Gasteiger partial charge in [0.2, 0.25) is 5.91 Å². The summed E-state index contributed by atoms with van der Waals surface area (Å²) in [6.07, 6.45) is 4.02. The molecule has 7 nitrogen and oxygen atoms in total. The van der Waals surface area contributed by atoms with Crippen molar-refractivity contribution in [2.75, 3.05) is 13.2 Å². The van der Waals surface area contributed by atoms with Crippen molar-refractivity contribution in [3.63, 3.8) is 0 Å². The maximum Gasteiger partial charge on any atom is 0.224 e. The second kappa shape index (κ2) is 7.33. The Kier molecular flexibility index (Phi) is 4.84. The van der Waals surface area contributed by atoms with E-state index in [0.29, 0.717) is 12.2 Å². The van der Waals surface area contributed by atoms with E-state index in [1.54, 1.807) is 0 Å². The summed E-state index contributed by atoms with van der Waals surface area (Å²) in [4.78, 5) is 21.4. The molecule has 0 spiro atoms. The second-order valence-corrected chi connectivity index (χ2v) is 8.25. The first-order valence-corrected chi connectivity index (χ1v) is 9.63. The number of amides is 1. The molecule has 0 aliphatic carbocycles. The molecule has 3 N–H and O–H groups in total. The number of pyridine rings is 1. The van der Waals surface area contributed by atoms with Crippen molar-refractivity contribution in [2.24, 2.45) is 12.5 Å². The molecule has 150 valence electrons. The van der Waals surface area contributed by atoms with Gasteiger partial charge in [-0.15, -0.1) is 0 Å². The lowest BCUT2D eigenvalue weighted by atomic mass is 9.95. The van der Waals surface area contributed by atoms with Crippen LogP contribution in [0.3, 0.4) is 0 Å². The van der Waals surface area contributed by atoms with Crippen LogP contribution in [0.4, 0.5) is 0 Å². The van der Waals surface area contributed by atoms with Crippen LogP contribution in [-0.2, 0) is 18.3 Å². The number of carbonyl (C=O) groups excluding carboxylic acids is 1. The highest BCUT2D eigenvalue weighted by molar-refractivity contribution is 6.04. The topological polar surface area (TPSA) is 95.8 Å². The molecule has 0 unspecified atom stereocenters. The lowest BCUT2D eigenvalue weighted by Gasteiger charge is -2.21. The summed E-state index contributed by atoms with van der Waals surface area (Å²) >= 11 is 0. The van der Waals surface area contributed by atoms with Crippen molar-refractivity contribution in [3.05, 3.63) is 48.3 Å². The van der Waals surface area contributed by atoms with Crippen molar-refractivity contribution in [1.82, 2.24) is 25.1 Å². The van der Waals surface area contributed by atoms with Gasteiger partial charge in [-0.05, 0) is 17.7 Å². The number of nitrogens with zero attached hydrogens (tertiary/aromatic N) is 3. The second-order valence-electron chi connectivity index (χ2n) is 8.25. The Morgan fingerprint density at radius 2 is 2.14 bits per heavy atom. The zero-order valence-electron chi connectivity index (χ0n) is 16.9. The van der Waals surface area contributed by atoms with E-state index < -0.39 is 0 Å². The van der Waals surface area contributed by atoms with Crippen LogP contribution >= 0.6 is 0 Å². The van der Waals surface area contributed by atoms with E-state index in [-0.39, 0.29) is 24.3 Å². The van der Waals surface area contributed by atoms with Gasteiger partial charge in [-0.25, -0.2) is 9.97 Å². The maximum atomic E-state index is 12.3. The molecule has 0 atom stereocenters. The van der Waals surface area contributed by atoms with Crippen LogP contribution in [0, 0.1) is 5.41 Å². The average Bonchev–Trinajstić information content (AvgIpc) is 3.30. The van der Waals surface area contributed by atoms with Gasteiger partial charge in [0.1, 0.15) is 0 Å². The number of aryl methyl sites for hydroxylation is 1. The van der Waals surface area contributed by atoms with Crippen LogP contribution in [0.2, 0.25) is 0 Å². The summed E-state index contributed by atoms with van der Waals surface area (Å²) in [5.74, 6) is -0.0629. The summed E-state index contributed by atoms with van der Waals surface area (Å²) in [5.41, 5.74) is 4.15. The molecule has 29 heavy (non-hydrogen) atoms. The number of carbonyl (C=O) groups is 1. The molecule has 7 heteroatoms. The SMILES string of the molecule is Cn1[nH]cc2cnc3nc(-c4cccc(CC(=O)NCC(C)(C)CO)c4)cc3c21. The largest absolute Gasteiger partial charge is 0.396 e. The number of benzene rings is 1. The molecular formula is C22H25N5O2. The van der Waals surface area contributed by atoms with Gasteiger partial charge < -0.3 is 15.5 Å². The maximum absolute atomic E-state index is 12.3. The van der Waals surface area contributed by atoms with Gasteiger partial charge in [0, 0.05) is 54.3 Å². The number of fused-ring (bicyclic) bond motifs is 3. The van der Waals surface area contributed by atoms with E-state index in [0.717, 1.165) is 33.1 Å². The molecule has 0 aliphatic heterocycles. The van der Waals surface area contributed by atoms with E-state index in [2.05, 4.69) is 20.4 Å². The highest BCUT2D eigenvalue weighted by Gasteiger charge is 2.18. The molecule has 0 fully saturated rings. The Bertz CT molecular complexity index is 1190. The molecule has 3 aromatic heterocycles. The summed E-state index contributed by atoms with van der Waals surface area (Å²) in [5, 5.41) is 17.4. The van der Waals surface area contributed by atoms with Gasteiger partial charge in [-0.2, -0.15) is 0 Å². The number of rotatable bonds is 6. The number of aliphatic hydroxyl groups excluding tert-OH is 1. The van der Waals surface area contributed by atoms with Crippen molar-refractivity contribution in [2.45, 2.75) is 20.3 Å². The minimum Gasteiger partial charge on any atom is -0.396 e. The van der Waals surface area contributed by atoms with Crippen molar-refractivity contribution >= 4 is 27.8 Å². The monoisotopic (exact) mass is 391 g/mol. The molecule has 0 saturated heterocycles. The van der Waals surface area contributed by atoms with Crippen molar-refractivity contribution in [3.8, 4) is 11.3 Å². The summed E-state index contributed by atoms with van der Waals surface area (Å²) in [6.45, 7) is 4.29. The van der Waals surface area contributed by atoms with Crippen LogP contribution in [0.1, 0.15) is 19.4 Å². The molecule has 0 bridgehead atoms. The number of aromatic amines is 1. The number of H-pyrrole nitrogens is 1. The number of aromatic nitrogens is 4. The standard InChI is InChI=1S/C22H25N5O2/c1-22(2,13-28)12-24-19(29)8-14-5-4-6-15(7-14)18-9-17-20-16(11-25-27(20)3)10-23-21(17)26-18/h4-7,9-11,25,28H,8,12-13H2,1-3H3,(H,24,29). The van der Waals surface area contributed by atoms with Gasteiger partial charge in [-0.1, -0.05) is 32.0 Å². The van der Waals surface area contributed by atoms with Gasteiger partial charge in [-0.3, -0.25) is 9.48 Å². The Morgan fingerprint density at radius 3 is 2.93 bits per heavy atom. The van der Waals surface area contributed by atoms with Crippen LogP contribution in [-0.4, -0.2) is 43.9 Å². The fraction of sp³-hybridized carbons (Fsp3) is 0.318. The van der Waals surface area contributed by atoms with Crippen molar-refractivity contribution < 1.29 is 9.90 Å². The van der Waals surface area contributed by atoms with Crippen LogP contribution in [0.25, 0.3) is 33.2 Å². The summed E-state index contributed by atoms with van der Waals surface area (Å²) in [7, 11) is 1.96. The molecule has 1 aromatic carbocycles. The molecule has 3 heterocycles. The molecule has 4 rings (SSSR count). The Hall–Kier alpha value is -3.19. The molecule has 1 amide bonds. The highest BCUT2D eigenvalue weighted by atomic mass is 16.3. The number of nitrogens with one attached hydrogen (secondary N) is 2. The zero-order valence-corrected chi connectivity index (χ0v) is 16.9. The smallest absolute Gasteiger partial charge is 0.224 e. The third-order valence-electron chi connectivity index (χ3n) is 5.13. The highest BCUT2D eigenvalue weighted by Crippen LogP contribution is 2.28. The first kappa shape index (κ1) is 19.1. The Morgan fingerprint density at radius 1 is 1.31 bits per heavy atom. The van der Waals surface area contributed by atoms with E-state index in [4.69, 9.17) is 0 Å². The first-order chi connectivity index (χ1) is 13.9. The first-order valence-electron chi connectivity index (χ1n) is 9.63. The fourth-order valence-corrected chi connectivity index (χ4v) is 3.37. The normalized spacial score (nSPS) is 12.0. The van der Waals surface area contributed by atoms with E-state index in [1.165, 1.54) is 0 Å². The van der Waals surface area contributed by atoms with Gasteiger partial charge in [0.15, 0.2) is 5.65 Å². The van der Waals surface area contributed by atoms with Crippen LogP contribution in [0.5, 0.6) is 0 Å². The molecule has 0 aliphatic rings. The number of hydrogen-bond donors (Lipinski definition) is 3.